The van der Waals surface area contributed by atoms with Gasteiger partial charge in [-0.05, 0) is 41.3 Å². The number of nitrogens with one attached hydrogen (secondary N) is 3. The maximum atomic E-state index is 13.0. The molecule has 2 aromatic carbocycles. The van der Waals surface area contributed by atoms with Gasteiger partial charge in [-0.1, -0.05) is 32.9 Å². The molecule has 0 unspecified atom stereocenters. The summed E-state index contributed by atoms with van der Waals surface area (Å²) in [5.74, 6) is -0.267. The number of sulfonamides is 1. The largest absolute Gasteiger partial charge is 0.383 e. The Balaban J connectivity index is 1.87. The predicted molar refractivity (Wildman–Crippen MR) is 132 cm³/mol. The van der Waals surface area contributed by atoms with Crippen LogP contribution in [0, 0.1) is 0 Å². The molecule has 0 bridgehead atoms. The summed E-state index contributed by atoms with van der Waals surface area (Å²) in [6.07, 6.45) is 0. The summed E-state index contributed by atoms with van der Waals surface area (Å²) in [5.41, 5.74) is 2.53. The van der Waals surface area contributed by atoms with Crippen molar-refractivity contribution in [2.24, 2.45) is 0 Å². The van der Waals surface area contributed by atoms with Crippen LogP contribution in [0.25, 0.3) is 0 Å². The smallest absolute Gasteiger partial charge is 0.261 e. The van der Waals surface area contributed by atoms with Crippen LogP contribution in [0.5, 0.6) is 0 Å². The van der Waals surface area contributed by atoms with Crippen molar-refractivity contribution in [3.8, 4) is 0 Å². The summed E-state index contributed by atoms with van der Waals surface area (Å²) in [6, 6.07) is 12.0. The highest BCUT2D eigenvalue weighted by atomic mass is 32.2. The average molecular weight is 475 g/mol. The van der Waals surface area contributed by atoms with E-state index in [1.807, 2.05) is 12.1 Å². The normalized spacial score (nSPS) is 14.7. The van der Waals surface area contributed by atoms with Gasteiger partial charge in [0.1, 0.15) is 0 Å². The number of ether oxygens (including phenoxy) is 1. The number of benzene rings is 2. The third kappa shape index (κ3) is 6.46. The van der Waals surface area contributed by atoms with E-state index in [2.05, 4.69) is 41.0 Å². The van der Waals surface area contributed by atoms with Crippen molar-refractivity contribution in [1.29, 1.82) is 0 Å². The van der Waals surface area contributed by atoms with Crippen LogP contribution in [0.1, 0.15) is 36.7 Å². The summed E-state index contributed by atoms with van der Waals surface area (Å²) in [4.78, 5) is 15.2. The number of methoxy groups -OCH3 is 1. The molecule has 1 aliphatic rings. The molecule has 3 N–H and O–H groups in total. The second-order valence-corrected chi connectivity index (χ2v) is 10.8. The Morgan fingerprint density at radius 1 is 1.09 bits per heavy atom. The van der Waals surface area contributed by atoms with Gasteiger partial charge in [-0.3, -0.25) is 9.52 Å². The molecule has 3 rings (SSSR count). The summed E-state index contributed by atoms with van der Waals surface area (Å²) in [7, 11) is -2.23. The number of carbonyl (C=O) groups is 1. The second-order valence-electron chi connectivity index (χ2n) is 9.10. The molecule has 1 heterocycles. The third-order valence-corrected chi connectivity index (χ3v) is 6.97. The Kier molecular flexibility index (Phi) is 7.99. The lowest BCUT2D eigenvalue weighted by Gasteiger charge is -2.31. The Labute approximate surface area is 196 Å². The van der Waals surface area contributed by atoms with E-state index in [0.717, 1.165) is 37.4 Å². The number of hydrogen-bond donors (Lipinski definition) is 3. The monoisotopic (exact) mass is 474 g/mol. The molecule has 1 fully saturated rings. The maximum Gasteiger partial charge on any atom is 0.261 e. The van der Waals surface area contributed by atoms with Crippen LogP contribution in [0.3, 0.4) is 0 Å². The Morgan fingerprint density at radius 3 is 2.36 bits per heavy atom. The van der Waals surface area contributed by atoms with E-state index >= 15 is 0 Å². The minimum atomic E-state index is -3.80. The van der Waals surface area contributed by atoms with Crippen molar-refractivity contribution in [3.05, 3.63) is 53.6 Å². The van der Waals surface area contributed by atoms with Gasteiger partial charge in [-0.15, -0.1) is 0 Å². The van der Waals surface area contributed by atoms with Crippen LogP contribution in [0.2, 0.25) is 0 Å². The van der Waals surface area contributed by atoms with Crippen molar-refractivity contribution in [1.82, 2.24) is 10.6 Å². The number of anilines is 2. The van der Waals surface area contributed by atoms with E-state index in [4.69, 9.17) is 4.74 Å². The van der Waals surface area contributed by atoms with Gasteiger partial charge in [0.15, 0.2) is 0 Å². The van der Waals surface area contributed by atoms with E-state index in [-0.39, 0.29) is 16.2 Å². The lowest BCUT2D eigenvalue weighted by molar-refractivity contribution is 0.0937. The molecule has 0 atom stereocenters. The first-order valence-corrected chi connectivity index (χ1v) is 12.6. The first kappa shape index (κ1) is 25.0. The third-order valence-electron chi connectivity index (χ3n) is 5.57. The Morgan fingerprint density at radius 2 is 1.76 bits per heavy atom. The number of nitrogens with zero attached hydrogens (tertiary/aromatic N) is 1. The highest BCUT2D eigenvalue weighted by molar-refractivity contribution is 7.92. The fourth-order valence-electron chi connectivity index (χ4n) is 3.67. The zero-order chi connectivity index (χ0) is 24.1. The van der Waals surface area contributed by atoms with Crippen LogP contribution >= 0.6 is 0 Å². The number of carbonyl (C=O) groups excluding carboxylic acids is 1. The van der Waals surface area contributed by atoms with Gasteiger partial charge in [-0.25, -0.2) is 8.42 Å². The van der Waals surface area contributed by atoms with Crippen molar-refractivity contribution >= 4 is 27.3 Å². The predicted octanol–water partition coefficient (Wildman–Crippen LogP) is 2.57. The van der Waals surface area contributed by atoms with E-state index in [1.54, 1.807) is 37.4 Å². The molecule has 33 heavy (non-hydrogen) atoms. The van der Waals surface area contributed by atoms with Crippen LogP contribution < -0.4 is 20.3 Å². The van der Waals surface area contributed by atoms with Crippen molar-refractivity contribution in [2.75, 3.05) is 56.1 Å². The number of rotatable bonds is 8. The molecule has 0 spiro atoms. The van der Waals surface area contributed by atoms with E-state index < -0.39 is 10.0 Å². The Hall–Kier alpha value is -2.62. The number of hydrogen-bond acceptors (Lipinski definition) is 6. The molecular weight excluding hydrogens is 440 g/mol. The summed E-state index contributed by atoms with van der Waals surface area (Å²) in [6.45, 7) is 10.2. The minimum absolute atomic E-state index is 0.0688. The molecule has 1 saturated heterocycles. The topological polar surface area (TPSA) is 99.8 Å². The first-order chi connectivity index (χ1) is 15.6. The second kappa shape index (κ2) is 10.5. The summed E-state index contributed by atoms with van der Waals surface area (Å²) < 4.78 is 33.6. The molecular formula is C24H34N4O4S. The van der Waals surface area contributed by atoms with Crippen LogP contribution in [-0.2, 0) is 20.2 Å². The molecule has 9 heteroatoms. The van der Waals surface area contributed by atoms with Gasteiger partial charge in [0.2, 0.25) is 0 Å². The average Bonchev–Trinajstić information content (AvgIpc) is 2.79. The van der Waals surface area contributed by atoms with Crippen LogP contribution in [-0.4, -0.2) is 60.8 Å². The van der Waals surface area contributed by atoms with Gasteiger partial charge in [0.05, 0.1) is 17.1 Å². The van der Waals surface area contributed by atoms with Crippen LogP contribution in [0.15, 0.2) is 47.4 Å². The van der Waals surface area contributed by atoms with Crippen molar-refractivity contribution in [3.63, 3.8) is 0 Å². The van der Waals surface area contributed by atoms with Crippen LogP contribution in [0.4, 0.5) is 11.4 Å². The van der Waals surface area contributed by atoms with Gasteiger partial charge in [0, 0.05) is 51.2 Å². The molecule has 0 radical (unpaired) electrons. The molecule has 1 amide bonds. The van der Waals surface area contributed by atoms with E-state index in [9.17, 15) is 13.2 Å². The molecule has 180 valence electrons. The van der Waals surface area contributed by atoms with Gasteiger partial charge in [0.25, 0.3) is 15.9 Å². The molecule has 0 aliphatic carbocycles. The Bertz CT molecular complexity index is 1060. The van der Waals surface area contributed by atoms with E-state index in [1.165, 1.54) is 0 Å². The standard InChI is InChI=1S/C24H34N4O4S/c1-24(2,3)18-5-8-20(9-6-18)33(30,31)27-19-7-10-22(28-14-11-25-12-15-28)21(17-19)23(29)26-13-16-32-4/h5-10,17,25,27H,11-16H2,1-4H3,(H,26,29). The molecule has 8 nitrogen and oxygen atoms in total. The molecule has 1 aliphatic heterocycles. The number of amides is 1. The first-order valence-electron chi connectivity index (χ1n) is 11.1. The molecule has 2 aromatic rings. The maximum absolute atomic E-state index is 13.0. The molecule has 0 saturated carbocycles. The van der Waals surface area contributed by atoms with Crippen molar-refractivity contribution in [2.45, 2.75) is 31.1 Å². The summed E-state index contributed by atoms with van der Waals surface area (Å²) in [5, 5.41) is 6.14. The SMILES string of the molecule is COCCNC(=O)c1cc(NS(=O)(=O)c2ccc(C(C)(C)C)cc2)ccc1N1CCNCC1. The highest BCUT2D eigenvalue weighted by Crippen LogP contribution is 2.28. The van der Waals surface area contributed by atoms with Crippen molar-refractivity contribution < 1.29 is 17.9 Å². The quantitative estimate of drug-likeness (QED) is 0.509. The lowest BCUT2D eigenvalue weighted by atomic mass is 9.87. The van der Waals surface area contributed by atoms with E-state index in [0.29, 0.717) is 24.4 Å². The minimum Gasteiger partial charge on any atom is -0.383 e. The molecule has 0 aromatic heterocycles. The fourth-order valence-corrected chi connectivity index (χ4v) is 4.72. The van der Waals surface area contributed by atoms with Gasteiger partial charge < -0.3 is 20.3 Å². The number of piperazine rings is 1. The highest BCUT2D eigenvalue weighted by Gasteiger charge is 2.22. The zero-order valence-corrected chi connectivity index (χ0v) is 20.6. The zero-order valence-electron chi connectivity index (χ0n) is 19.8. The van der Waals surface area contributed by atoms with Gasteiger partial charge in [-0.2, -0.15) is 0 Å². The van der Waals surface area contributed by atoms with Gasteiger partial charge >= 0.3 is 0 Å². The fraction of sp³-hybridized carbons (Fsp3) is 0.458. The summed E-state index contributed by atoms with van der Waals surface area (Å²) >= 11 is 0. The lowest BCUT2D eigenvalue weighted by Crippen LogP contribution is -2.44.